The van der Waals surface area contributed by atoms with Crippen LogP contribution in [0.2, 0.25) is 5.02 Å². The van der Waals surface area contributed by atoms with Crippen LogP contribution >= 0.6 is 11.6 Å². The zero-order valence-corrected chi connectivity index (χ0v) is 12.5. The quantitative estimate of drug-likeness (QED) is 0.645. The first kappa shape index (κ1) is 16.4. The minimum atomic E-state index is -0.467. The lowest BCUT2D eigenvalue weighted by Gasteiger charge is -2.18. The highest BCUT2D eigenvalue weighted by Crippen LogP contribution is 2.22. The van der Waals surface area contributed by atoms with Crippen molar-refractivity contribution in [2.75, 3.05) is 13.6 Å². The Hall–Kier alpha value is -1.66. The van der Waals surface area contributed by atoms with Crippen molar-refractivity contribution in [2.24, 2.45) is 0 Å². The molecule has 0 aliphatic rings. The third-order valence-corrected chi connectivity index (χ3v) is 2.91. The minimum Gasteiger partial charge on any atom is -0.353 e. The van der Waals surface area contributed by atoms with E-state index in [0.29, 0.717) is 17.1 Å². The van der Waals surface area contributed by atoms with E-state index in [4.69, 9.17) is 11.6 Å². The van der Waals surface area contributed by atoms with Gasteiger partial charge in [-0.3, -0.25) is 19.8 Å². The average Bonchev–Trinajstić information content (AvgIpc) is 2.30. The molecule has 1 amide bonds. The Balaban J connectivity index is 2.70. The number of rotatable bonds is 6. The summed E-state index contributed by atoms with van der Waals surface area (Å²) in [5.74, 6) is -0.0935. The minimum absolute atomic E-state index is 0.00979. The normalized spacial score (nSPS) is 10.9. The largest absolute Gasteiger partial charge is 0.353 e. The van der Waals surface area contributed by atoms with Crippen LogP contribution in [-0.2, 0) is 11.3 Å². The van der Waals surface area contributed by atoms with Crippen LogP contribution in [0.1, 0.15) is 19.4 Å². The second-order valence-corrected chi connectivity index (χ2v) is 5.33. The van der Waals surface area contributed by atoms with Crippen LogP contribution in [0, 0.1) is 10.1 Å². The number of nitrogens with one attached hydrogen (secondary N) is 1. The molecule has 0 aliphatic heterocycles. The Morgan fingerprint density at radius 1 is 1.50 bits per heavy atom. The number of non-ortho nitro benzene ring substituents is 1. The molecular weight excluding hydrogens is 282 g/mol. The van der Waals surface area contributed by atoms with Gasteiger partial charge >= 0.3 is 0 Å². The van der Waals surface area contributed by atoms with Gasteiger partial charge in [-0.2, -0.15) is 0 Å². The molecule has 0 saturated carbocycles. The molecular formula is C13H18ClN3O3. The Morgan fingerprint density at radius 3 is 2.70 bits per heavy atom. The number of carbonyl (C=O) groups excluding carboxylic acids is 1. The number of benzene rings is 1. The molecule has 0 saturated heterocycles. The lowest BCUT2D eigenvalue weighted by Crippen LogP contribution is -2.38. The summed E-state index contributed by atoms with van der Waals surface area (Å²) in [6.07, 6.45) is 0. The molecule has 0 heterocycles. The molecule has 7 heteroatoms. The standard InChI is InChI=1S/C13H18ClN3O3/c1-9(2)15-13(18)8-16(3)7-10-6-11(17(19)20)4-5-12(10)14/h4-6,9H,7-8H2,1-3H3,(H,15,18). The van der Waals surface area contributed by atoms with E-state index in [1.54, 1.807) is 11.9 Å². The Labute approximate surface area is 122 Å². The van der Waals surface area contributed by atoms with E-state index in [0.717, 1.165) is 0 Å². The van der Waals surface area contributed by atoms with Crippen molar-refractivity contribution in [1.82, 2.24) is 10.2 Å². The number of nitro groups is 1. The van der Waals surface area contributed by atoms with Crippen LogP contribution < -0.4 is 5.32 Å². The summed E-state index contributed by atoms with van der Waals surface area (Å²) in [4.78, 5) is 23.6. The molecule has 0 atom stereocenters. The molecule has 1 aromatic rings. The van der Waals surface area contributed by atoms with Crippen LogP contribution in [0.4, 0.5) is 5.69 Å². The maximum Gasteiger partial charge on any atom is 0.269 e. The lowest BCUT2D eigenvalue weighted by molar-refractivity contribution is -0.384. The highest BCUT2D eigenvalue weighted by atomic mass is 35.5. The van der Waals surface area contributed by atoms with Gasteiger partial charge in [0.1, 0.15) is 0 Å². The maximum absolute atomic E-state index is 11.6. The Morgan fingerprint density at radius 2 is 2.15 bits per heavy atom. The summed E-state index contributed by atoms with van der Waals surface area (Å²) in [6, 6.07) is 4.37. The van der Waals surface area contributed by atoms with Gasteiger partial charge in [0, 0.05) is 29.7 Å². The average molecular weight is 300 g/mol. The smallest absolute Gasteiger partial charge is 0.269 e. The van der Waals surface area contributed by atoms with Crippen LogP contribution in [0.25, 0.3) is 0 Å². The molecule has 0 spiro atoms. The second kappa shape index (κ2) is 7.21. The maximum atomic E-state index is 11.6. The molecule has 0 bridgehead atoms. The van der Waals surface area contributed by atoms with Crippen LogP contribution in [0.3, 0.4) is 0 Å². The fraction of sp³-hybridized carbons (Fsp3) is 0.462. The summed E-state index contributed by atoms with van der Waals surface area (Å²) in [5.41, 5.74) is 0.616. The first-order valence-corrected chi connectivity index (χ1v) is 6.58. The first-order chi connectivity index (χ1) is 9.29. The van der Waals surface area contributed by atoms with Gasteiger partial charge < -0.3 is 5.32 Å². The number of nitro benzene ring substituents is 1. The second-order valence-electron chi connectivity index (χ2n) is 4.93. The van der Waals surface area contributed by atoms with E-state index in [1.165, 1.54) is 18.2 Å². The predicted octanol–water partition coefficient (Wildman–Crippen LogP) is 2.20. The number of nitrogens with zero attached hydrogens (tertiary/aromatic N) is 2. The summed E-state index contributed by atoms with van der Waals surface area (Å²) in [6.45, 7) is 4.34. The van der Waals surface area contributed by atoms with Crippen molar-refractivity contribution in [3.63, 3.8) is 0 Å². The van der Waals surface area contributed by atoms with Gasteiger partial charge in [0.05, 0.1) is 11.5 Å². The number of amides is 1. The summed E-state index contributed by atoms with van der Waals surface area (Å²) >= 11 is 6.02. The molecule has 0 aromatic heterocycles. The van der Waals surface area contributed by atoms with Gasteiger partial charge in [-0.15, -0.1) is 0 Å². The highest BCUT2D eigenvalue weighted by molar-refractivity contribution is 6.31. The number of hydrogen-bond acceptors (Lipinski definition) is 4. The Bertz CT molecular complexity index is 506. The monoisotopic (exact) mass is 299 g/mol. The molecule has 1 N–H and O–H groups in total. The van der Waals surface area contributed by atoms with E-state index in [2.05, 4.69) is 5.32 Å². The molecule has 0 unspecified atom stereocenters. The lowest BCUT2D eigenvalue weighted by atomic mass is 10.2. The topological polar surface area (TPSA) is 75.5 Å². The van der Waals surface area contributed by atoms with Crippen molar-refractivity contribution in [3.8, 4) is 0 Å². The molecule has 6 nitrogen and oxygen atoms in total. The van der Waals surface area contributed by atoms with Crippen LogP contribution in [0.15, 0.2) is 18.2 Å². The summed E-state index contributed by atoms with van der Waals surface area (Å²) < 4.78 is 0. The molecule has 1 rings (SSSR count). The molecule has 0 fully saturated rings. The first-order valence-electron chi connectivity index (χ1n) is 6.20. The Kier molecular flexibility index (Phi) is 5.91. The number of halogens is 1. The third-order valence-electron chi connectivity index (χ3n) is 2.54. The van der Waals surface area contributed by atoms with E-state index in [1.807, 2.05) is 13.8 Å². The number of hydrogen-bond donors (Lipinski definition) is 1. The SMILES string of the molecule is CC(C)NC(=O)CN(C)Cc1cc([N+](=O)[O-])ccc1Cl. The summed E-state index contributed by atoms with van der Waals surface area (Å²) in [7, 11) is 1.76. The number of carbonyl (C=O) groups is 1. The fourth-order valence-electron chi connectivity index (χ4n) is 1.76. The molecule has 0 radical (unpaired) electrons. The van der Waals surface area contributed by atoms with E-state index in [-0.39, 0.29) is 24.2 Å². The van der Waals surface area contributed by atoms with Gasteiger partial charge in [-0.1, -0.05) is 11.6 Å². The van der Waals surface area contributed by atoms with Gasteiger partial charge in [0.25, 0.3) is 5.69 Å². The molecule has 20 heavy (non-hydrogen) atoms. The van der Waals surface area contributed by atoms with E-state index >= 15 is 0 Å². The fourth-order valence-corrected chi connectivity index (χ4v) is 1.93. The van der Waals surface area contributed by atoms with Crippen molar-refractivity contribution in [3.05, 3.63) is 38.9 Å². The zero-order valence-electron chi connectivity index (χ0n) is 11.7. The van der Waals surface area contributed by atoms with Gasteiger partial charge in [0.2, 0.25) is 5.91 Å². The third kappa shape index (κ3) is 5.14. The van der Waals surface area contributed by atoms with E-state index < -0.39 is 4.92 Å². The van der Waals surface area contributed by atoms with Crippen molar-refractivity contribution < 1.29 is 9.72 Å². The zero-order chi connectivity index (χ0) is 15.3. The predicted molar refractivity (Wildman–Crippen MR) is 77.7 cm³/mol. The molecule has 0 aliphatic carbocycles. The van der Waals surface area contributed by atoms with Crippen molar-refractivity contribution in [1.29, 1.82) is 0 Å². The van der Waals surface area contributed by atoms with Crippen LogP contribution in [-0.4, -0.2) is 35.4 Å². The number of likely N-dealkylation sites (N-methyl/N-ethyl adjacent to an activating group) is 1. The van der Waals surface area contributed by atoms with Gasteiger partial charge in [-0.25, -0.2) is 0 Å². The highest BCUT2D eigenvalue weighted by Gasteiger charge is 2.13. The van der Waals surface area contributed by atoms with Crippen molar-refractivity contribution in [2.45, 2.75) is 26.4 Å². The van der Waals surface area contributed by atoms with Crippen molar-refractivity contribution >= 4 is 23.2 Å². The van der Waals surface area contributed by atoms with Gasteiger partial charge in [0.15, 0.2) is 0 Å². The molecule has 1 aromatic carbocycles. The molecule has 110 valence electrons. The van der Waals surface area contributed by atoms with Gasteiger partial charge in [-0.05, 0) is 32.5 Å². The van der Waals surface area contributed by atoms with E-state index in [9.17, 15) is 14.9 Å². The van der Waals surface area contributed by atoms with Crippen LogP contribution in [0.5, 0.6) is 0 Å². The summed E-state index contributed by atoms with van der Waals surface area (Å²) in [5, 5.41) is 14.0.